The Hall–Kier alpha value is -0.580. The first-order valence-electron chi connectivity index (χ1n) is 2.98. The Labute approximate surface area is 65.9 Å². The zero-order valence-electron chi connectivity index (χ0n) is 5.72. The van der Waals surface area contributed by atoms with Gasteiger partial charge in [0.25, 0.3) is 0 Å². The van der Waals surface area contributed by atoms with Gasteiger partial charge in [-0.2, -0.15) is 13.2 Å². The molecule has 1 aromatic rings. The fourth-order valence-electron chi connectivity index (χ4n) is 0.588. The molecule has 62 valence electrons. The lowest BCUT2D eigenvalue weighted by molar-refractivity contribution is -0.146. The molecular weight excluding hydrogens is 175 g/mol. The van der Waals surface area contributed by atoms with Crippen molar-refractivity contribution in [3.8, 4) is 0 Å². The Morgan fingerprint density at radius 1 is 1.55 bits per heavy atom. The van der Waals surface area contributed by atoms with E-state index < -0.39 is 12.1 Å². The minimum atomic E-state index is -4.17. The lowest BCUT2D eigenvalue weighted by atomic mass is 10.2. The maximum absolute atomic E-state index is 12.0. The van der Waals surface area contributed by atoms with Gasteiger partial charge in [-0.25, -0.2) is 4.98 Å². The summed E-state index contributed by atoms with van der Waals surface area (Å²) in [5, 5.41) is 1.66. The predicted octanol–water partition coefficient (Wildman–Crippen LogP) is 2.81. The summed E-state index contributed by atoms with van der Waals surface area (Å²) in [6, 6.07) is 0. The molecule has 1 nitrogen and oxygen atoms in total. The monoisotopic (exact) mass is 181 g/mol. The lowest BCUT2D eigenvalue weighted by Crippen LogP contribution is -2.17. The van der Waals surface area contributed by atoms with Gasteiger partial charge in [0.2, 0.25) is 0 Å². The SMILES string of the molecule is CC(c1nccs1)C(F)(F)F. The molecule has 0 aliphatic heterocycles. The molecule has 0 amide bonds. The van der Waals surface area contributed by atoms with E-state index in [4.69, 9.17) is 0 Å². The minimum Gasteiger partial charge on any atom is -0.249 e. The van der Waals surface area contributed by atoms with Crippen molar-refractivity contribution in [1.29, 1.82) is 0 Å². The Bertz CT molecular complexity index is 216. The van der Waals surface area contributed by atoms with Gasteiger partial charge in [0.05, 0.1) is 0 Å². The Balaban J connectivity index is 2.78. The Morgan fingerprint density at radius 3 is 2.55 bits per heavy atom. The molecule has 1 rings (SSSR count). The third kappa shape index (κ3) is 1.92. The van der Waals surface area contributed by atoms with E-state index in [0.717, 1.165) is 18.3 Å². The van der Waals surface area contributed by atoms with E-state index >= 15 is 0 Å². The molecule has 0 fully saturated rings. The van der Waals surface area contributed by atoms with Crippen LogP contribution in [0.5, 0.6) is 0 Å². The Morgan fingerprint density at radius 2 is 2.18 bits per heavy atom. The van der Waals surface area contributed by atoms with Crippen LogP contribution in [0.3, 0.4) is 0 Å². The highest BCUT2D eigenvalue weighted by Crippen LogP contribution is 2.34. The van der Waals surface area contributed by atoms with Gasteiger partial charge < -0.3 is 0 Å². The molecule has 0 N–H and O–H groups in total. The van der Waals surface area contributed by atoms with Crippen molar-refractivity contribution in [3.63, 3.8) is 0 Å². The number of halogens is 3. The summed E-state index contributed by atoms with van der Waals surface area (Å²) < 4.78 is 35.9. The molecule has 11 heavy (non-hydrogen) atoms. The van der Waals surface area contributed by atoms with Crippen molar-refractivity contribution in [2.24, 2.45) is 0 Å². The van der Waals surface area contributed by atoms with E-state index in [1.54, 1.807) is 0 Å². The van der Waals surface area contributed by atoms with Crippen molar-refractivity contribution in [3.05, 3.63) is 16.6 Å². The molecule has 1 atom stereocenters. The second-order valence-electron chi connectivity index (χ2n) is 2.13. The summed E-state index contributed by atoms with van der Waals surface area (Å²) in [6.07, 6.45) is -2.79. The number of nitrogens with zero attached hydrogens (tertiary/aromatic N) is 1. The fourth-order valence-corrected chi connectivity index (χ4v) is 1.31. The molecule has 0 bridgehead atoms. The summed E-state index contributed by atoms with van der Waals surface area (Å²) in [4.78, 5) is 3.58. The molecule has 0 saturated carbocycles. The van der Waals surface area contributed by atoms with Crippen LogP contribution in [-0.4, -0.2) is 11.2 Å². The normalized spacial score (nSPS) is 14.9. The van der Waals surface area contributed by atoms with Crippen molar-refractivity contribution >= 4 is 11.3 Å². The third-order valence-corrected chi connectivity index (χ3v) is 2.27. The number of thiazole rings is 1. The van der Waals surface area contributed by atoms with Crippen LogP contribution in [0, 0.1) is 0 Å². The third-order valence-electron chi connectivity index (χ3n) is 1.31. The largest absolute Gasteiger partial charge is 0.397 e. The van der Waals surface area contributed by atoms with Crippen LogP contribution in [0.1, 0.15) is 17.8 Å². The van der Waals surface area contributed by atoms with Crippen molar-refractivity contribution in [2.45, 2.75) is 19.0 Å². The average molecular weight is 181 g/mol. The number of aromatic nitrogens is 1. The number of rotatable bonds is 1. The molecule has 0 spiro atoms. The van der Waals surface area contributed by atoms with E-state index in [2.05, 4.69) is 4.98 Å². The topological polar surface area (TPSA) is 12.9 Å². The van der Waals surface area contributed by atoms with Crippen LogP contribution in [0.2, 0.25) is 0 Å². The minimum absolute atomic E-state index is 0.123. The Kier molecular flexibility index (Phi) is 2.17. The first kappa shape index (κ1) is 8.52. The van der Waals surface area contributed by atoms with Gasteiger partial charge in [0.1, 0.15) is 10.9 Å². The van der Waals surface area contributed by atoms with E-state index in [1.807, 2.05) is 0 Å². The fraction of sp³-hybridized carbons (Fsp3) is 0.500. The van der Waals surface area contributed by atoms with E-state index in [0.29, 0.717) is 0 Å². The summed E-state index contributed by atoms with van der Waals surface area (Å²) >= 11 is 1.03. The summed E-state index contributed by atoms with van der Waals surface area (Å²) in [5.41, 5.74) is 0. The quantitative estimate of drug-likeness (QED) is 0.649. The molecule has 0 radical (unpaired) electrons. The molecule has 0 aliphatic rings. The average Bonchev–Trinajstić information content (AvgIpc) is 2.34. The zero-order valence-corrected chi connectivity index (χ0v) is 6.54. The van der Waals surface area contributed by atoms with Gasteiger partial charge in [-0.05, 0) is 6.92 Å². The van der Waals surface area contributed by atoms with Crippen molar-refractivity contribution in [1.82, 2.24) is 4.98 Å². The molecule has 0 aliphatic carbocycles. The second-order valence-corrected chi connectivity index (χ2v) is 3.06. The van der Waals surface area contributed by atoms with E-state index in [9.17, 15) is 13.2 Å². The number of alkyl halides is 3. The predicted molar refractivity (Wildman–Crippen MR) is 36.6 cm³/mol. The van der Waals surface area contributed by atoms with Gasteiger partial charge in [-0.1, -0.05) is 0 Å². The summed E-state index contributed by atoms with van der Waals surface area (Å²) in [7, 11) is 0. The van der Waals surface area contributed by atoms with Crippen LogP contribution in [-0.2, 0) is 0 Å². The standard InChI is InChI=1S/C6H6F3NS/c1-4(6(7,8)9)5-10-2-3-11-5/h2-4H,1H3. The maximum Gasteiger partial charge on any atom is 0.397 e. The van der Waals surface area contributed by atoms with E-state index in [1.165, 1.54) is 11.6 Å². The molecule has 1 unspecified atom stereocenters. The van der Waals surface area contributed by atoms with Gasteiger partial charge in [-0.3, -0.25) is 0 Å². The van der Waals surface area contributed by atoms with Crippen molar-refractivity contribution < 1.29 is 13.2 Å². The second kappa shape index (κ2) is 2.81. The highest BCUT2D eigenvalue weighted by Gasteiger charge is 2.38. The maximum atomic E-state index is 12.0. The first-order valence-corrected chi connectivity index (χ1v) is 3.86. The van der Waals surface area contributed by atoms with Crippen molar-refractivity contribution in [2.75, 3.05) is 0 Å². The molecule has 1 heterocycles. The van der Waals surface area contributed by atoms with E-state index in [-0.39, 0.29) is 5.01 Å². The molecule has 1 aromatic heterocycles. The van der Waals surface area contributed by atoms with Crippen LogP contribution in [0.15, 0.2) is 11.6 Å². The molecular formula is C6H6F3NS. The summed E-state index contributed by atoms with van der Waals surface area (Å²) in [6.45, 7) is 1.11. The highest BCUT2D eigenvalue weighted by atomic mass is 32.1. The van der Waals surface area contributed by atoms with Gasteiger partial charge in [0, 0.05) is 11.6 Å². The van der Waals surface area contributed by atoms with Gasteiger partial charge >= 0.3 is 6.18 Å². The summed E-state index contributed by atoms with van der Waals surface area (Å²) in [5.74, 6) is -1.44. The molecule has 5 heteroatoms. The van der Waals surface area contributed by atoms with Crippen LogP contribution >= 0.6 is 11.3 Å². The van der Waals surface area contributed by atoms with Crippen LogP contribution < -0.4 is 0 Å². The van der Waals surface area contributed by atoms with Gasteiger partial charge in [0.15, 0.2) is 0 Å². The number of hydrogen-bond acceptors (Lipinski definition) is 2. The molecule has 0 saturated heterocycles. The zero-order chi connectivity index (χ0) is 8.48. The van der Waals surface area contributed by atoms with Crippen LogP contribution in [0.25, 0.3) is 0 Å². The highest BCUT2D eigenvalue weighted by molar-refractivity contribution is 7.09. The first-order chi connectivity index (χ1) is 5.02. The van der Waals surface area contributed by atoms with Gasteiger partial charge in [-0.15, -0.1) is 11.3 Å². The number of hydrogen-bond donors (Lipinski definition) is 0. The molecule has 0 aromatic carbocycles. The smallest absolute Gasteiger partial charge is 0.249 e. The lowest BCUT2D eigenvalue weighted by Gasteiger charge is -2.11. The van der Waals surface area contributed by atoms with Crippen LogP contribution in [0.4, 0.5) is 13.2 Å².